The maximum atomic E-state index is 13.2. The fraction of sp³-hybridized carbons (Fsp3) is 0.391. The third-order valence-corrected chi connectivity index (χ3v) is 5.29. The second-order valence-corrected chi connectivity index (χ2v) is 8.64. The first-order valence-electron chi connectivity index (χ1n) is 9.82. The van der Waals surface area contributed by atoms with Gasteiger partial charge in [0, 0.05) is 24.2 Å². The molecule has 1 aliphatic heterocycles. The van der Waals surface area contributed by atoms with Crippen LogP contribution in [0, 0.1) is 5.82 Å². The topological polar surface area (TPSA) is 53.0 Å². The van der Waals surface area contributed by atoms with E-state index in [1.165, 1.54) is 12.1 Å². The lowest BCUT2D eigenvalue weighted by atomic mass is 9.95. The summed E-state index contributed by atoms with van der Waals surface area (Å²) in [6, 6.07) is 13.3. The van der Waals surface area contributed by atoms with Gasteiger partial charge in [-0.2, -0.15) is 0 Å². The maximum absolute atomic E-state index is 13.2. The van der Waals surface area contributed by atoms with E-state index in [4.69, 9.17) is 16.3 Å². The van der Waals surface area contributed by atoms with Crippen molar-refractivity contribution in [3.8, 4) is 5.75 Å². The van der Waals surface area contributed by atoms with Gasteiger partial charge in [0.2, 0.25) is 0 Å². The Morgan fingerprint density at radius 2 is 1.87 bits per heavy atom. The van der Waals surface area contributed by atoms with Crippen molar-refractivity contribution < 1.29 is 19.0 Å². The minimum absolute atomic E-state index is 0.0269. The lowest BCUT2D eigenvalue weighted by Crippen LogP contribution is -2.54. The lowest BCUT2D eigenvalue weighted by molar-refractivity contribution is -0.000763. The van der Waals surface area contributed by atoms with E-state index in [1.807, 2.05) is 10.8 Å². The highest BCUT2D eigenvalue weighted by molar-refractivity contribution is 6.30. The van der Waals surface area contributed by atoms with Crippen LogP contribution in [0.3, 0.4) is 0 Å². The van der Waals surface area contributed by atoms with Gasteiger partial charge in [-0.1, -0.05) is 23.7 Å². The van der Waals surface area contributed by atoms with Crippen LogP contribution in [0.25, 0.3) is 0 Å². The van der Waals surface area contributed by atoms with Crippen LogP contribution in [0.1, 0.15) is 25.8 Å². The average Bonchev–Trinajstić information content (AvgIpc) is 2.69. The van der Waals surface area contributed by atoms with Crippen LogP contribution in [-0.2, 0) is 11.3 Å². The van der Waals surface area contributed by atoms with Crippen LogP contribution in [0.2, 0.25) is 5.02 Å². The molecule has 1 atom stereocenters. The van der Waals surface area contributed by atoms with Crippen molar-refractivity contribution in [2.24, 2.45) is 0 Å². The number of ether oxygens (including phenoxy) is 1. The van der Waals surface area contributed by atoms with Crippen molar-refractivity contribution in [1.82, 2.24) is 9.80 Å². The largest absolute Gasteiger partial charge is 0.473 e. The standard InChI is InChI=1S/C23H26ClFN2O3/c1-23(2,29)11-20-13-27(16-30-22-9-5-18(24)6-10-22)21(15-28)14-26(20)12-17-3-7-19(25)8-4-17/h3-10,20,29H,11-14,16H2,1-2H3. The molecule has 160 valence electrons. The van der Waals surface area contributed by atoms with Crippen LogP contribution in [0.4, 0.5) is 4.39 Å². The predicted octanol–water partition coefficient (Wildman–Crippen LogP) is 3.88. The van der Waals surface area contributed by atoms with Gasteiger partial charge in [-0.05, 0) is 62.2 Å². The minimum atomic E-state index is -0.878. The summed E-state index contributed by atoms with van der Waals surface area (Å²) in [4.78, 5) is 15.6. The maximum Gasteiger partial charge on any atom is 0.161 e. The summed E-state index contributed by atoms with van der Waals surface area (Å²) in [6.07, 6.45) is 0.512. The molecule has 5 nitrogen and oxygen atoms in total. The number of nitrogens with zero attached hydrogens (tertiary/aromatic N) is 2. The molecule has 1 fully saturated rings. The molecule has 0 aromatic heterocycles. The zero-order valence-electron chi connectivity index (χ0n) is 17.1. The zero-order chi connectivity index (χ0) is 21.7. The Morgan fingerprint density at radius 1 is 1.20 bits per heavy atom. The van der Waals surface area contributed by atoms with Crippen molar-refractivity contribution in [3.05, 3.63) is 70.6 Å². The molecule has 1 N–H and O–H groups in total. The predicted molar refractivity (Wildman–Crippen MR) is 114 cm³/mol. The number of piperazine rings is 1. The monoisotopic (exact) mass is 432 g/mol. The normalized spacial score (nSPS) is 17.7. The summed E-state index contributed by atoms with van der Waals surface area (Å²) in [7, 11) is 0. The summed E-state index contributed by atoms with van der Waals surface area (Å²) < 4.78 is 19.1. The fourth-order valence-electron chi connectivity index (χ4n) is 3.59. The number of hydrogen-bond acceptors (Lipinski definition) is 5. The molecule has 0 spiro atoms. The first-order valence-corrected chi connectivity index (χ1v) is 10.2. The van der Waals surface area contributed by atoms with Gasteiger partial charge in [-0.3, -0.25) is 4.90 Å². The highest BCUT2D eigenvalue weighted by Gasteiger charge is 2.34. The van der Waals surface area contributed by atoms with Gasteiger partial charge in [-0.25, -0.2) is 9.18 Å². The van der Waals surface area contributed by atoms with E-state index >= 15 is 0 Å². The number of hydrogen-bond donors (Lipinski definition) is 1. The molecule has 1 aliphatic rings. The van der Waals surface area contributed by atoms with Crippen LogP contribution in [-0.4, -0.2) is 52.3 Å². The van der Waals surface area contributed by atoms with Crippen molar-refractivity contribution in [2.45, 2.75) is 38.5 Å². The quantitative estimate of drug-likeness (QED) is 0.673. The Hall–Kier alpha value is -2.37. The van der Waals surface area contributed by atoms with E-state index in [1.54, 1.807) is 50.2 Å². The van der Waals surface area contributed by atoms with Crippen LogP contribution >= 0.6 is 11.6 Å². The average molecular weight is 433 g/mol. The molecule has 1 saturated heterocycles. The zero-order valence-corrected chi connectivity index (χ0v) is 17.9. The van der Waals surface area contributed by atoms with Crippen LogP contribution < -0.4 is 4.74 Å². The van der Waals surface area contributed by atoms with E-state index in [0.29, 0.717) is 42.5 Å². The van der Waals surface area contributed by atoms with Gasteiger partial charge < -0.3 is 14.7 Å². The van der Waals surface area contributed by atoms with Crippen molar-refractivity contribution in [3.63, 3.8) is 0 Å². The molecule has 30 heavy (non-hydrogen) atoms. The molecule has 0 radical (unpaired) electrons. The van der Waals surface area contributed by atoms with Gasteiger partial charge >= 0.3 is 0 Å². The SMILES string of the molecule is CC(C)(O)CC1CN(COc2ccc(Cl)cc2)C(=C=O)CN1Cc1ccc(F)cc1. The first kappa shape index (κ1) is 22.3. The molecule has 0 aliphatic carbocycles. The van der Waals surface area contributed by atoms with Gasteiger partial charge in [0.1, 0.15) is 23.2 Å². The molecule has 2 aromatic rings. The van der Waals surface area contributed by atoms with E-state index < -0.39 is 5.60 Å². The minimum Gasteiger partial charge on any atom is -0.473 e. The van der Waals surface area contributed by atoms with Gasteiger partial charge in [0.05, 0.1) is 12.1 Å². The van der Waals surface area contributed by atoms with E-state index in [9.17, 15) is 14.3 Å². The number of carbonyl (C=O) groups excluding carboxylic acids is 1. The Labute approximate surface area is 181 Å². The summed E-state index contributed by atoms with van der Waals surface area (Å²) in [5.41, 5.74) is 0.544. The molecular formula is C23H26ClFN2O3. The third kappa shape index (κ3) is 6.31. The molecular weight excluding hydrogens is 407 g/mol. The lowest BCUT2D eigenvalue weighted by Gasteiger charge is -2.44. The fourth-order valence-corrected chi connectivity index (χ4v) is 3.72. The second-order valence-electron chi connectivity index (χ2n) is 8.20. The molecule has 2 aromatic carbocycles. The molecule has 1 heterocycles. The smallest absolute Gasteiger partial charge is 0.161 e. The van der Waals surface area contributed by atoms with Gasteiger partial charge in [0.15, 0.2) is 6.73 Å². The highest BCUT2D eigenvalue weighted by Crippen LogP contribution is 2.26. The molecule has 1 unspecified atom stereocenters. The number of rotatable bonds is 7. The highest BCUT2D eigenvalue weighted by atomic mass is 35.5. The van der Waals surface area contributed by atoms with Crippen LogP contribution in [0.15, 0.2) is 54.2 Å². The summed E-state index contributed by atoms with van der Waals surface area (Å²) in [5, 5.41) is 11.0. The molecule has 3 rings (SSSR count). The van der Waals surface area contributed by atoms with E-state index in [-0.39, 0.29) is 18.6 Å². The van der Waals surface area contributed by atoms with Gasteiger partial charge in [0.25, 0.3) is 0 Å². The summed E-state index contributed by atoms with van der Waals surface area (Å²) >= 11 is 5.91. The van der Waals surface area contributed by atoms with Gasteiger partial charge in [-0.15, -0.1) is 0 Å². The third-order valence-electron chi connectivity index (χ3n) is 5.03. The number of halogens is 2. The van der Waals surface area contributed by atoms with Crippen molar-refractivity contribution >= 4 is 17.5 Å². The molecule has 0 bridgehead atoms. The number of aliphatic hydroxyl groups is 1. The first-order chi connectivity index (χ1) is 14.2. The van der Waals surface area contributed by atoms with E-state index in [2.05, 4.69) is 4.90 Å². The molecule has 7 heteroatoms. The van der Waals surface area contributed by atoms with E-state index in [0.717, 1.165) is 5.56 Å². The van der Waals surface area contributed by atoms with Crippen molar-refractivity contribution in [1.29, 1.82) is 0 Å². The van der Waals surface area contributed by atoms with Crippen LogP contribution in [0.5, 0.6) is 5.75 Å². The second kappa shape index (κ2) is 9.63. The Kier molecular flexibility index (Phi) is 7.16. The Morgan fingerprint density at radius 3 is 2.47 bits per heavy atom. The molecule has 0 saturated carbocycles. The van der Waals surface area contributed by atoms with Crippen molar-refractivity contribution in [2.75, 3.05) is 19.8 Å². The Bertz CT molecular complexity index is 890. The summed E-state index contributed by atoms with van der Waals surface area (Å²) in [5.74, 6) is 2.40. The summed E-state index contributed by atoms with van der Waals surface area (Å²) in [6.45, 7) is 5.14. The molecule has 0 amide bonds. The number of benzene rings is 2. The Balaban J connectivity index is 1.74.